The van der Waals surface area contributed by atoms with Crippen LogP contribution in [0.5, 0.6) is 0 Å². The van der Waals surface area contributed by atoms with Gasteiger partial charge in [-0.25, -0.2) is 0 Å². The van der Waals surface area contributed by atoms with Crippen molar-refractivity contribution in [3.8, 4) is 89.8 Å². The summed E-state index contributed by atoms with van der Waals surface area (Å²) in [6.45, 7) is 18.1. The molecular formula is C118H92Ir4N6O8-6. The summed E-state index contributed by atoms with van der Waals surface area (Å²) < 4.78 is 24.3. The second-order valence-electron chi connectivity index (χ2n) is 31.5. The van der Waals surface area contributed by atoms with Crippen molar-refractivity contribution < 1.29 is 118 Å². The number of para-hydroxylation sites is 4. The molecular weight excluding hydrogens is 2400 g/mol. The van der Waals surface area contributed by atoms with E-state index in [2.05, 4.69) is 197 Å². The number of carbonyl (C=O) groups excluding carboxylic acids is 2. The monoisotopic (exact) mass is 2490 g/mol. The van der Waals surface area contributed by atoms with Crippen molar-refractivity contribution in [3.63, 3.8) is 0 Å². The van der Waals surface area contributed by atoms with Crippen LogP contribution in [0.1, 0.15) is 61.1 Å². The number of aliphatic hydroxyl groups excluding tert-OH is 2. The Morgan fingerprint density at radius 3 is 0.912 bits per heavy atom. The first-order valence-corrected chi connectivity index (χ1v) is 43.0. The van der Waals surface area contributed by atoms with Gasteiger partial charge < -0.3 is 57.8 Å². The number of nitrogens with zero attached hydrogens (tertiary/aromatic N) is 6. The minimum absolute atomic E-state index is 0. The molecule has 136 heavy (non-hydrogen) atoms. The molecule has 0 aliphatic carbocycles. The number of allylic oxidation sites excluding steroid dienone is 4. The molecule has 18 heteroatoms. The van der Waals surface area contributed by atoms with E-state index in [1.165, 1.54) is 84.4 Å². The molecule has 0 amide bonds. The zero-order valence-electron chi connectivity index (χ0n) is 76.0. The average molecular weight is 2490 g/mol. The van der Waals surface area contributed by atoms with Crippen molar-refractivity contribution in [2.45, 2.75) is 69.2 Å². The Morgan fingerprint density at radius 2 is 0.588 bits per heavy atom. The predicted molar refractivity (Wildman–Crippen MR) is 534 cm³/mol. The zero-order chi connectivity index (χ0) is 92.0. The molecule has 684 valence electrons. The van der Waals surface area contributed by atoms with E-state index in [-0.39, 0.29) is 104 Å². The summed E-state index contributed by atoms with van der Waals surface area (Å²) in [5, 5.41) is 25.6. The van der Waals surface area contributed by atoms with Crippen LogP contribution in [-0.4, -0.2) is 51.7 Å². The second-order valence-corrected chi connectivity index (χ2v) is 31.5. The van der Waals surface area contributed by atoms with E-state index in [0.29, 0.717) is 0 Å². The van der Waals surface area contributed by atoms with Crippen LogP contribution in [0, 0.1) is 77.9 Å². The zero-order valence-corrected chi connectivity index (χ0v) is 85.6. The van der Waals surface area contributed by atoms with Crippen molar-refractivity contribution in [1.82, 2.24) is 29.9 Å². The van der Waals surface area contributed by atoms with Gasteiger partial charge in [0.25, 0.3) is 0 Å². The van der Waals surface area contributed by atoms with Crippen molar-refractivity contribution in [2.75, 3.05) is 0 Å². The Hall–Kier alpha value is -14.2. The van der Waals surface area contributed by atoms with E-state index in [1.54, 1.807) is 0 Å². The molecule has 0 fully saturated rings. The molecule has 12 aromatic carbocycles. The van der Waals surface area contributed by atoms with Gasteiger partial charge in [-0.1, -0.05) is 236 Å². The quantitative estimate of drug-likeness (QED) is 0.0743. The number of hydrogen-bond donors (Lipinski definition) is 2. The Bertz CT molecular complexity index is 7720. The molecule has 2 N–H and O–H groups in total. The summed E-state index contributed by atoms with van der Waals surface area (Å²) in [4.78, 5) is 46.8. The minimum atomic E-state index is -0.125. The molecule has 0 aliphatic heterocycles. The number of carbonyl (C=O) groups is 2. The molecule has 0 saturated carbocycles. The van der Waals surface area contributed by atoms with Crippen molar-refractivity contribution >= 4 is 99.3 Å². The van der Waals surface area contributed by atoms with Gasteiger partial charge in [0, 0.05) is 151 Å². The molecule has 0 atom stereocenters. The Balaban J connectivity index is 0.000000153. The fourth-order valence-corrected chi connectivity index (χ4v) is 14.8. The minimum Gasteiger partial charge on any atom is -0.512 e. The van der Waals surface area contributed by atoms with Gasteiger partial charge in [0.2, 0.25) is 0 Å². The van der Waals surface area contributed by atoms with E-state index < -0.39 is 0 Å². The van der Waals surface area contributed by atoms with E-state index >= 15 is 0 Å². The molecule has 22 aromatic rings. The summed E-state index contributed by atoms with van der Waals surface area (Å²) in [6, 6.07) is 125. The van der Waals surface area contributed by atoms with Gasteiger partial charge >= 0.3 is 0 Å². The van der Waals surface area contributed by atoms with Crippen LogP contribution in [-0.2, 0) is 90.0 Å². The molecule has 22 rings (SSSR count). The Labute approximate surface area is 844 Å². The smallest absolute Gasteiger partial charge is 0.155 e. The molecule has 0 unspecified atom stereocenters. The van der Waals surface area contributed by atoms with Gasteiger partial charge in [-0.15, -0.1) is 145 Å². The molecule has 14 nitrogen and oxygen atoms in total. The van der Waals surface area contributed by atoms with Crippen molar-refractivity contribution in [1.29, 1.82) is 0 Å². The van der Waals surface area contributed by atoms with E-state index in [9.17, 15) is 9.59 Å². The fourth-order valence-electron chi connectivity index (χ4n) is 14.8. The first-order chi connectivity index (χ1) is 64.2. The van der Waals surface area contributed by atoms with Crippen LogP contribution in [0.4, 0.5) is 0 Å². The van der Waals surface area contributed by atoms with Crippen LogP contribution < -0.4 is 0 Å². The third-order valence-electron chi connectivity index (χ3n) is 21.3. The number of aromatic nitrogens is 6. The topological polar surface area (TPSA) is 204 Å². The number of fused-ring (bicyclic) bond motifs is 12. The van der Waals surface area contributed by atoms with E-state index in [4.69, 9.17) is 27.9 Å². The molecule has 0 saturated heterocycles. The standard InChI is InChI=1S/C24H16NO.C23H14NO.C19H14NO.C18H12NO.2C12H10N.2C5H8O2.4Ir/c1-16-9-11-17(12-10-16)18-13-14-25-22(15-18)21-7-4-6-20-19-5-2-3-8-23(19)26-24(20)21;1-2-7-16(8-3-1)17-13-14-24-21(15-17)20-11-6-10-19-18-9-4-5-12-22(18)25-23(19)20;1-12-10-17(20-11-13(12)2)16-8-5-7-15-14-6-3-4-9-18(14)21-19(15)16;1-12-9-10-19-16(11-12)15-7-4-6-14-13-5-2-3-8-17(13)20-18(14)15;2*1-10-7-8-12(13-9-10)11-5-3-2-4-6-11;2*1-4(6)3-5(2)7;;;;/h2-6,8-15H,1H3;1-10,12-15H;3-7,9-11H,1-2H3;2-6,8-11H,1H3;2*2-5,7-9H,1H3;2*3,6H,1-2H3;;;;/q6*-1;;;;;;. The fraction of sp³-hybridized carbons (Fsp3) is 0.0847. The third kappa shape index (κ3) is 26.0. The number of hydrogen-bond acceptors (Lipinski definition) is 14. The van der Waals surface area contributed by atoms with Gasteiger partial charge in [0.1, 0.15) is 22.3 Å². The molecule has 0 bridgehead atoms. The van der Waals surface area contributed by atoms with Crippen LogP contribution >= 0.6 is 0 Å². The normalized spacial score (nSPS) is 10.7. The van der Waals surface area contributed by atoms with Gasteiger partial charge in [0.05, 0.1) is 33.9 Å². The summed E-state index contributed by atoms with van der Waals surface area (Å²) in [6.07, 6.45) is 13.5. The third-order valence-corrected chi connectivity index (χ3v) is 21.3. The molecule has 0 aliphatic rings. The van der Waals surface area contributed by atoms with Crippen molar-refractivity contribution in [3.05, 3.63) is 446 Å². The summed E-state index contributed by atoms with van der Waals surface area (Å²) in [5.74, 6) is -0.125. The number of aryl methyl sites for hydroxylation is 6. The van der Waals surface area contributed by atoms with Crippen LogP contribution in [0.3, 0.4) is 0 Å². The number of aliphatic hydroxyl groups is 2. The number of pyridine rings is 6. The Morgan fingerprint density at radius 1 is 0.265 bits per heavy atom. The maximum atomic E-state index is 10.0. The first-order valence-electron chi connectivity index (χ1n) is 43.0. The number of benzene rings is 12. The van der Waals surface area contributed by atoms with Gasteiger partial charge in [-0.2, -0.15) is 0 Å². The summed E-state index contributed by atoms with van der Waals surface area (Å²) >= 11 is 0. The SMILES string of the molecule is CC(=O)C=C(C)O.CC(=O)C=C(C)O.Cc1ccc(-c2[c-]cccc2)nc1.Cc1ccc(-c2[c-]cccc2)nc1.Cc1ccc(-c2ccnc(-c3[c-]ccc4c3oc3ccccc34)c2)cc1.Cc1ccnc(-c2[c-]ccc3c2oc2ccccc23)c1.Cc1cnc(-c2[c-]ccc3c2oc2ccccc23)cc1C.[Ir].[Ir].[Ir].[Ir].[c-]1ccc2c(oc3ccccc32)c1-c1cc(-c2ccccc2)ccn1. The second kappa shape index (κ2) is 49.1. The average Bonchev–Trinajstić information content (AvgIpc) is 1.63. The molecule has 4 radical (unpaired) electrons. The van der Waals surface area contributed by atoms with Gasteiger partial charge in [0.15, 0.2) is 11.6 Å². The predicted octanol–water partition coefficient (Wildman–Crippen LogP) is 30.1. The van der Waals surface area contributed by atoms with Crippen LogP contribution in [0.25, 0.3) is 178 Å². The number of furan rings is 4. The maximum Gasteiger partial charge on any atom is 0.155 e. The first kappa shape index (κ1) is 102. The van der Waals surface area contributed by atoms with E-state index in [0.717, 1.165) is 166 Å². The largest absolute Gasteiger partial charge is 0.512 e. The Kier molecular flexibility index (Phi) is 36.9. The number of rotatable bonds is 10. The van der Waals surface area contributed by atoms with E-state index in [1.807, 2.05) is 263 Å². The van der Waals surface area contributed by atoms with Crippen LogP contribution in [0.15, 0.2) is 394 Å². The maximum absolute atomic E-state index is 10.0. The molecule has 10 aromatic heterocycles. The van der Waals surface area contributed by atoms with Crippen LogP contribution in [0.2, 0.25) is 0 Å². The molecule has 0 spiro atoms. The van der Waals surface area contributed by atoms with Gasteiger partial charge in [-0.3, -0.25) is 9.59 Å². The number of ketones is 2. The van der Waals surface area contributed by atoms with Crippen molar-refractivity contribution in [2.24, 2.45) is 0 Å². The molecule has 10 heterocycles. The summed E-state index contributed by atoms with van der Waals surface area (Å²) in [5.41, 5.74) is 30.0. The van der Waals surface area contributed by atoms with Gasteiger partial charge in [-0.05, 0) is 185 Å². The summed E-state index contributed by atoms with van der Waals surface area (Å²) in [7, 11) is 0.